The van der Waals surface area contributed by atoms with Gasteiger partial charge in [-0.25, -0.2) is 4.98 Å². The molecule has 6 heteroatoms. The van der Waals surface area contributed by atoms with Crippen LogP contribution in [0.15, 0.2) is 0 Å². The number of hydrogen-bond acceptors (Lipinski definition) is 5. The topological polar surface area (TPSA) is 56.7 Å². The Labute approximate surface area is 173 Å². The van der Waals surface area contributed by atoms with Crippen molar-refractivity contribution in [2.45, 2.75) is 59.0 Å². The number of piperazine rings is 1. The number of carbonyl (C=O) groups excluding carboxylic acids is 1. The Bertz CT molecular complexity index is 742. The number of nitrogens with zero attached hydrogens (tertiary/aromatic N) is 3. The highest BCUT2D eigenvalue weighted by molar-refractivity contribution is 7.11. The van der Waals surface area contributed by atoms with Crippen molar-refractivity contribution in [3.8, 4) is 0 Å². The van der Waals surface area contributed by atoms with E-state index in [1.165, 1.54) is 10.6 Å². The summed E-state index contributed by atoms with van der Waals surface area (Å²) in [5.41, 5.74) is 1.31. The molecule has 5 nitrogen and oxygen atoms in total. The number of amides is 1. The maximum Gasteiger partial charge on any atom is 0.225 e. The normalized spacial score (nSPS) is 37.3. The predicted molar refractivity (Wildman–Crippen MR) is 113 cm³/mol. The van der Waals surface area contributed by atoms with E-state index in [1.54, 1.807) is 0 Å². The molecular formula is C22H35N3O2S. The zero-order valence-corrected chi connectivity index (χ0v) is 18.8. The maximum atomic E-state index is 13.2. The molecule has 1 saturated heterocycles. The van der Waals surface area contributed by atoms with Gasteiger partial charge in [-0.05, 0) is 50.5 Å². The van der Waals surface area contributed by atoms with Crippen molar-refractivity contribution in [2.75, 3.05) is 33.2 Å². The fourth-order valence-electron chi connectivity index (χ4n) is 6.17. The van der Waals surface area contributed by atoms with Crippen LogP contribution in [0.2, 0.25) is 0 Å². The van der Waals surface area contributed by atoms with Crippen LogP contribution in [-0.2, 0) is 11.2 Å². The Balaban J connectivity index is 1.53. The Hall–Kier alpha value is -0.980. The fourth-order valence-corrected chi connectivity index (χ4v) is 7.40. The molecule has 0 aromatic carbocycles. The molecular weight excluding hydrogens is 370 g/mol. The molecule has 1 N–H and O–H groups in total. The lowest BCUT2D eigenvalue weighted by molar-refractivity contribution is -0.146. The quantitative estimate of drug-likeness (QED) is 0.822. The summed E-state index contributed by atoms with van der Waals surface area (Å²) in [5.74, 6) is 0.600. The number of aromatic nitrogens is 1. The van der Waals surface area contributed by atoms with Crippen LogP contribution >= 0.6 is 11.3 Å². The molecule has 0 radical (unpaired) electrons. The Kier molecular flexibility index (Phi) is 5.34. The number of hydrogen-bond donors (Lipinski definition) is 1. The van der Waals surface area contributed by atoms with E-state index in [9.17, 15) is 9.90 Å². The molecule has 2 aliphatic carbocycles. The number of aliphatic hydroxyl groups excluding tert-OH is 1. The molecule has 1 saturated carbocycles. The van der Waals surface area contributed by atoms with E-state index >= 15 is 0 Å². The van der Waals surface area contributed by atoms with Gasteiger partial charge in [0.2, 0.25) is 5.91 Å². The molecule has 0 bridgehead atoms. The standard InChI is InChI=1S/C22H35N3O2S/c1-13(21(27)25-10-8-24(5)9-11-25)16-6-7-22(4)12-17-19(23-15(3)28-17)14(2)18(22)20(16)26/h13-14,16,18,20,26H,6-12H2,1-5H3/t13-,14-,16+,18+,20-,22-/m0/s1. The number of carbonyl (C=O) groups is 1. The highest BCUT2D eigenvalue weighted by Gasteiger charge is 2.54. The van der Waals surface area contributed by atoms with Gasteiger partial charge in [0, 0.05) is 42.9 Å². The van der Waals surface area contributed by atoms with Gasteiger partial charge in [-0.2, -0.15) is 0 Å². The summed E-state index contributed by atoms with van der Waals surface area (Å²) >= 11 is 1.82. The van der Waals surface area contributed by atoms with Gasteiger partial charge in [0.1, 0.15) is 0 Å². The molecule has 156 valence electrons. The van der Waals surface area contributed by atoms with Crippen molar-refractivity contribution >= 4 is 17.2 Å². The second kappa shape index (κ2) is 7.37. The average Bonchev–Trinajstić information content (AvgIpc) is 3.01. The summed E-state index contributed by atoms with van der Waals surface area (Å²) in [4.78, 5) is 23.7. The molecule has 2 fully saturated rings. The van der Waals surface area contributed by atoms with Gasteiger partial charge >= 0.3 is 0 Å². The van der Waals surface area contributed by atoms with Crippen LogP contribution in [0, 0.1) is 30.1 Å². The molecule has 1 amide bonds. The van der Waals surface area contributed by atoms with Crippen LogP contribution < -0.4 is 0 Å². The highest BCUT2D eigenvalue weighted by atomic mass is 32.1. The zero-order chi connectivity index (χ0) is 20.2. The van der Waals surface area contributed by atoms with Gasteiger partial charge in [0.15, 0.2) is 0 Å². The largest absolute Gasteiger partial charge is 0.392 e. The molecule has 1 aromatic rings. The van der Waals surface area contributed by atoms with Crippen molar-refractivity contribution in [1.29, 1.82) is 0 Å². The van der Waals surface area contributed by atoms with E-state index in [-0.39, 0.29) is 35.0 Å². The number of rotatable bonds is 2. The first-order chi connectivity index (χ1) is 13.2. The molecule has 2 heterocycles. The van der Waals surface area contributed by atoms with E-state index < -0.39 is 6.10 Å². The van der Waals surface area contributed by atoms with E-state index in [4.69, 9.17) is 4.98 Å². The lowest BCUT2D eigenvalue weighted by atomic mass is 9.53. The van der Waals surface area contributed by atoms with Gasteiger partial charge in [0.25, 0.3) is 0 Å². The summed E-state index contributed by atoms with van der Waals surface area (Å²) in [7, 11) is 2.11. The third kappa shape index (κ3) is 3.31. The van der Waals surface area contributed by atoms with E-state index in [0.29, 0.717) is 0 Å². The second-order valence-electron chi connectivity index (χ2n) is 9.80. The van der Waals surface area contributed by atoms with Crippen molar-refractivity contribution in [3.63, 3.8) is 0 Å². The smallest absolute Gasteiger partial charge is 0.225 e. The minimum absolute atomic E-state index is 0.0500. The summed E-state index contributed by atoms with van der Waals surface area (Å²) in [5, 5.41) is 12.6. The molecule has 28 heavy (non-hydrogen) atoms. The van der Waals surface area contributed by atoms with Gasteiger partial charge in [-0.1, -0.05) is 20.8 Å². The van der Waals surface area contributed by atoms with Crippen molar-refractivity contribution in [2.24, 2.45) is 23.2 Å². The fraction of sp³-hybridized carbons (Fsp3) is 0.818. The number of thiazole rings is 1. The number of aliphatic hydroxyl groups is 1. The third-order valence-corrected chi connectivity index (χ3v) is 8.86. The first-order valence-electron chi connectivity index (χ1n) is 10.8. The van der Waals surface area contributed by atoms with Crippen LogP contribution in [0.3, 0.4) is 0 Å². The Morgan fingerprint density at radius 3 is 2.68 bits per heavy atom. The number of fused-ring (bicyclic) bond motifs is 2. The lowest BCUT2D eigenvalue weighted by Gasteiger charge is -2.53. The zero-order valence-electron chi connectivity index (χ0n) is 17.9. The minimum atomic E-state index is -0.435. The van der Waals surface area contributed by atoms with Crippen LogP contribution in [0.5, 0.6) is 0 Å². The van der Waals surface area contributed by atoms with Gasteiger partial charge < -0.3 is 14.9 Å². The predicted octanol–water partition coefficient (Wildman–Crippen LogP) is 2.91. The van der Waals surface area contributed by atoms with E-state index in [0.717, 1.165) is 50.4 Å². The van der Waals surface area contributed by atoms with Crippen LogP contribution in [-0.4, -0.2) is 65.1 Å². The SMILES string of the molecule is Cc1nc2c(s1)C[C@]1(C)CC[C@H]([C@H](C)C(=O)N3CCN(C)CC3)[C@H](O)[C@H]1[C@@H]2C. The summed E-state index contributed by atoms with van der Waals surface area (Å²) < 4.78 is 0. The number of aryl methyl sites for hydroxylation is 1. The first kappa shape index (κ1) is 20.3. The van der Waals surface area contributed by atoms with Crippen LogP contribution in [0.25, 0.3) is 0 Å². The van der Waals surface area contributed by atoms with Crippen LogP contribution in [0.4, 0.5) is 0 Å². The van der Waals surface area contributed by atoms with Crippen LogP contribution in [0.1, 0.15) is 55.1 Å². The minimum Gasteiger partial charge on any atom is -0.392 e. The molecule has 1 aliphatic heterocycles. The molecule has 6 atom stereocenters. The average molecular weight is 406 g/mol. The summed E-state index contributed by atoms with van der Waals surface area (Å²) in [6.45, 7) is 12.2. The Morgan fingerprint density at radius 2 is 2.00 bits per heavy atom. The molecule has 3 aliphatic rings. The first-order valence-corrected chi connectivity index (χ1v) is 11.6. The van der Waals surface area contributed by atoms with E-state index in [1.807, 2.05) is 23.2 Å². The van der Waals surface area contributed by atoms with E-state index in [2.05, 4.69) is 32.7 Å². The van der Waals surface area contributed by atoms with Crippen molar-refractivity contribution in [1.82, 2.24) is 14.8 Å². The monoisotopic (exact) mass is 405 g/mol. The van der Waals surface area contributed by atoms with Gasteiger partial charge in [-0.15, -0.1) is 11.3 Å². The highest BCUT2D eigenvalue weighted by Crippen LogP contribution is 2.57. The van der Waals surface area contributed by atoms with Gasteiger partial charge in [0.05, 0.1) is 16.8 Å². The molecule has 0 spiro atoms. The molecule has 1 aromatic heterocycles. The maximum absolute atomic E-state index is 13.2. The van der Waals surface area contributed by atoms with Gasteiger partial charge in [-0.3, -0.25) is 4.79 Å². The van der Waals surface area contributed by atoms with Crippen molar-refractivity contribution < 1.29 is 9.90 Å². The Morgan fingerprint density at radius 1 is 1.32 bits per heavy atom. The third-order valence-electron chi connectivity index (χ3n) is 7.88. The molecule has 0 unspecified atom stereocenters. The lowest BCUT2D eigenvalue weighted by Crippen LogP contribution is -2.55. The molecule has 4 rings (SSSR count). The summed E-state index contributed by atoms with van der Waals surface area (Å²) in [6, 6.07) is 0. The second-order valence-corrected chi connectivity index (χ2v) is 11.1. The van der Waals surface area contributed by atoms with Crippen molar-refractivity contribution in [3.05, 3.63) is 15.6 Å². The summed E-state index contributed by atoms with van der Waals surface area (Å²) in [6.07, 6.45) is 2.61. The number of likely N-dealkylation sites (N-methyl/N-ethyl adjacent to an activating group) is 1.